The van der Waals surface area contributed by atoms with E-state index in [1.54, 1.807) is 11.3 Å². The maximum Gasteiger partial charge on any atom is 0.275 e. The Morgan fingerprint density at radius 3 is 2.58 bits per heavy atom. The molecule has 0 unspecified atom stereocenters. The van der Waals surface area contributed by atoms with E-state index in [1.807, 2.05) is 54.2 Å². The number of amides is 1. The fourth-order valence-electron chi connectivity index (χ4n) is 4.52. The van der Waals surface area contributed by atoms with Gasteiger partial charge in [-0.1, -0.05) is 60.2 Å². The molecule has 1 N–H and O–H groups in total. The molecule has 0 spiro atoms. The third-order valence-electron chi connectivity index (χ3n) is 6.61. The van der Waals surface area contributed by atoms with Crippen molar-refractivity contribution in [2.75, 3.05) is 25.0 Å². The monoisotopic (exact) mass is 494 g/mol. The Morgan fingerprint density at radius 2 is 1.81 bits per heavy atom. The van der Waals surface area contributed by atoms with Gasteiger partial charge < -0.3 is 5.32 Å². The molecule has 1 aliphatic rings. The molecule has 3 heterocycles. The molecule has 5 nitrogen and oxygen atoms in total. The molecule has 1 fully saturated rings. The standard InChI is InChI=1S/C30H30N4OS/c1-22-8-10-24(11-9-22)26-6-2-3-7-27(26)32-29(35)28-21-36-30(33-28)25-14-19-34(20-15-25)18-4-5-23-12-16-31-17-13-23/h2-13,16-17,21,25H,14-15,18-20H2,1H3,(H,32,35). The smallest absolute Gasteiger partial charge is 0.275 e. The summed E-state index contributed by atoms with van der Waals surface area (Å²) in [6, 6.07) is 20.3. The second-order valence-electron chi connectivity index (χ2n) is 9.19. The molecule has 0 saturated carbocycles. The number of nitrogens with zero attached hydrogens (tertiary/aromatic N) is 3. The molecule has 1 saturated heterocycles. The summed E-state index contributed by atoms with van der Waals surface area (Å²) in [5.74, 6) is 0.257. The van der Waals surface area contributed by atoms with Crippen molar-refractivity contribution in [1.29, 1.82) is 0 Å². The second kappa shape index (κ2) is 11.4. The zero-order valence-corrected chi connectivity index (χ0v) is 21.2. The fraction of sp³-hybridized carbons (Fsp3) is 0.233. The third kappa shape index (κ3) is 5.96. The van der Waals surface area contributed by atoms with Crippen molar-refractivity contribution in [3.05, 3.63) is 106 Å². The van der Waals surface area contributed by atoms with Crippen LogP contribution in [0.5, 0.6) is 0 Å². The van der Waals surface area contributed by atoms with Crippen LogP contribution in [0.25, 0.3) is 17.2 Å². The number of aryl methyl sites for hydroxylation is 1. The topological polar surface area (TPSA) is 58.1 Å². The highest BCUT2D eigenvalue weighted by Gasteiger charge is 2.23. The zero-order valence-electron chi connectivity index (χ0n) is 20.4. The minimum Gasteiger partial charge on any atom is -0.320 e. The normalized spacial score (nSPS) is 14.8. The van der Waals surface area contributed by atoms with Crippen LogP contribution in [-0.4, -0.2) is 40.4 Å². The van der Waals surface area contributed by atoms with Gasteiger partial charge in [0.15, 0.2) is 0 Å². The number of aromatic nitrogens is 2. The molecular weight excluding hydrogens is 464 g/mol. The van der Waals surface area contributed by atoms with Crippen LogP contribution in [0.2, 0.25) is 0 Å². The first-order chi connectivity index (χ1) is 17.7. The SMILES string of the molecule is Cc1ccc(-c2ccccc2NC(=O)c2csc(C3CCN(CC=Cc4ccncc4)CC3)n2)cc1. The number of likely N-dealkylation sites (tertiary alicyclic amines) is 1. The molecule has 0 radical (unpaired) electrons. The summed E-state index contributed by atoms with van der Waals surface area (Å²) in [5.41, 5.74) is 5.77. The highest BCUT2D eigenvalue weighted by molar-refractivity contribution is 7.10. The fourth-order valence-corrected chi connectivity index (χ4v) is 5.49. The maximum absolute atomic E-state index is 13.0. The molecule has 0 aliphatic carbocycles. The Hall–Kier alpha value is -3.61. The summed E-state index contributed by atoms with van der Waals surface area (Å²) in [7, 11) is 0. The number of anilines is 1. The number of benzene rings is 2. The average molecular weight is 495 g/mol. The van der Waals surface area contributed by atoms with E-state index < -0.39 is 0 Å². The number of piperidine rings is 1. The molecular formula is C30H30N4OS. The van der Waals surface area contributed by atoms with Gasteiger partial charge in [-0.15, -0.1) is 11.3 Å². The van der Waals surface area contributed by atoms with E-state index in [0.717, 1.165) is 54.3 Å². The summed E-state index contributed by atoms with van der Waals surface area (Å²) in [5, 5.41) is 6.05. The molecule has 6 heteroatoms. The predicted molar refractivity (Wildman–Crippen MR) is 148 cm³/mol. The van der Waals surface area contributed by atoms with E-state index in [9.17, 15) is 4.79 Å². The van der Waals surface area contributed by atoms with Crippen molar-refractivity contribution in [3.8, 4) is 11.1 Å². The van der Waals surface area contributed by atoms with Crippen molar-refractivity contribution in [3.63, 3.8) is 0 Å². The summed E-state index contributed by atoms with van der Waals surface area (Å²) < 4.78 is 0. The Bertz CT molecular complexity index is 1320. The lowest BCUT2D eigenvalue weighted by atomic mass is 9.97. The number of hydrogen-bond acceptors (Lipinski definition) is 5. The van der Waals surface area contributed by atoms with Crippen LogP contribution in [-0.2, 0) is 0 Å². The van der Waals surface area contributed by atoms with E-state index in [2.05, 4.69) is 58.5 Å². The van der Waals surface area contributed by atoms with Crippen LogP contribution in [0, 0.1) is 6.92 Å². The van der Waals surface area contributed by atoms with Gasteiger partial charge in [0.05, 0.1) is 5.01 Å². The lowest BCUT2D eigenvalue weighted by molar-refractivity contribution is 0.102. The van der Waals surface area contributed by atoms with Crippen molar-refractivity contribution >= 4 is 29.0 Å². The molecule has 2 aromatic carbocycles. The van der Waals surface area contributed by atoms with Crippen molar-refractivity contribution in [1.82, 2.24) is 14.9 Å². The lowest BCUT2D eigenvalue weighted by Gasteiger charge is -2.30. The number of nitrogens with one attached hydrogen (secondary N) is 1. The van der Waals surface area contributed by atoms with Gasteiger partial charge in [-0.05, 0) is 62.2 Å². The number of carbonyl (C=O) groups excluding carboxylic acids is 1. The number of carbonyl (C=O) groups is 1. The molecule has 0 bridgehead atoms. The van der Waals surface area contributed by atoms with Gasteiger partial charge in [0, 0.05) is 41.5 Å². The van der Waals surface area contributed by atoms with Gasteiger partial charge in [-0.25, -0.2) is 4.98 Å². The van der Waals surface area contributed by atoms with Gasteiger partial charge >= 0.3 is 0 Å². The first-order valence-corrected chi connectivity index (χ1v) is 13.3. The molecule has 36 heavy (non-hydrogen) atoms. The number of thiazole rings is 1. The second-order valence-corrected chi connectivity index (χ2v) is 10.1. The van der Waals surface area contributed by atoms with Crippen LogP contribution < -0.4 is 5.32 Å². The van der Waals surface area contributed by atoms with Crippen molar-refractivity contribution in [2.24, 2.45) is 0 Å². The first-order valence-electron chi connectivity index (χ1n) is 12.4. The molecule has 1 aliphatic heterocycles. The third-order valence-corrected chi connectivity index (χ3v) is 7.62. The quantitative estimate of drug-likeness (QED) is 0.312. The van der Waals surface area contributed by atoms with Gasteiger partial charge in [0.2, 0.25) is 0 Å². The predicted octanol–water partition coefficient (Wildman–Crippen LogP) is 6.66. The average Bonchev–Trinajstić information content (AvgIpc) is 3.41. The Morgan fingerprint density at radius 1 is 1.06 bits per heavy atom. The van der Waals surface area contributed by atoms with Gasteiger partial charge in [-0.3, -0.25) is 14.7 Å². The summed E-state index contributed by atoms with van der Waals surface area (Å²) in [4.78, 5) is 24.3. The maximum atomic E-state index is 13.0. The summed E-state index contributed by atoms with van der Waals surface area (Å²) in [6.45, 7) is 5.09. The number of rotatable bonds is 7. The molecule has 5 rings (SSSR count). The van der Waals surface area contributed by atoms with E-state index in [1.165, 1.54) is 11.1 Å². The first kappa shape index (κ1) is 24.1. The lowest BCUT2D eigenvalue weighted by Crippen LogP contribution is -2.33. The van der Waals surface area contributed by atoms with Crippen LogP contribution in [0.15, 0.2) is 84.5 Å². The van der Waals surface area contributed by atoms with E-state index in [4.69, 9.17) is 4.98 Å². The van der Waals surface area contributed by atoms with Gasteiger partial charge in [-0.2, -0.15) is 0 Å². The number of pyridine rings is 1. The largest absolute Gasteiger partial charge is 0.320 e. The summed E-state index contributed by atoms with van der Waals surface area (Å²) in [6.07, 6.45) is 10.1. The Labute approximate surface area is 216 Å². The Kier molecular flexibility index (Phi) is 7.64. The minimum atomic E-state index is -0.157. The van der Waals surface area contributed by atoms with Crippen LogP contribution >= 0.6 is 11.3 Å². The molecule has 2 aromatic heterocycles. The number of hydrogen-bond donors (Lipinski definition) is 1. The molecule has 4 aromatic rings. The molecule has 1 amide bonds. The zero-order chi connectivity index (χ0) is 24.7. The molecule has 0 atom stereocenters. The summed E-state index contributed by atoms with van der Waals surface area (Å²) >= 11 is 1.60. The van der Waals surface area contributed by atoms with E-state index >= 15 is 0 Å². The van der Waals surface area contributed by atoms with E-state index in [-0.39, 0.29) is 5.91 Å². The minimum absolute atomic E-state index is 0.157. The number of para-hydroxylation sites is 1. The van der Waals surface area contributed by atoms with Crippen molar-refractivity contribution < 1.29 is 4.79 Å². The Balaban J connectivity index is 1.17. The van der Waals surface area contributed by atoms with E-state index in [0.29, 0.717) is 11.6 Å². The highest BCUT2D eigenvalue weighted by atomic mass is 32.1. The highest BCUT2D eigenvalue weighted by Crippen LogP contribution is 2.32. The van der Waals surface area contributed by atoms with Gasteiger partial charge in [0.1, 0.15) is 5.69 Å². The van der Waals surface area contributed by atoms with Crippen LogP contribution in [0.1, 0.15) is 45.4 Å². The molecule has 182 valence electrons. The van der Waals surface area contributed by atoms with Gasteiger partial charge in [0.25, 0.3) is 5.91 Å². The van der Waals surface area contributed by atoms with Crippen LogP contribution in [0.4, 0.5) is 5.69 Å². The van der Waals surface area contributed by atoms with Crippen LogP contribution in [0.3, 0.4) is 0 Å². The van der Waals surface area contributed by atoms with Crippen molar-refractivity contribution in [2.45, 2.75) is 25.7 Å².